The highest BCUT2D eigenvalue weighted by Crippen LogP contribution is 2.33. The minimum absolute atomic E-state index is 0.0370. The number of aromatic nitrogens is 1. The van der Waals surface area contributed by atoms with E-state index in [9.17, 15) is 18.0 Å². The first kappa shape index (κ1) is 20.1. The van der Waals surface area contributed by atoms with Gasteiger partial charge in [-0.1, -0.05) is 12.1 Å². The summed E-state index contributed by atoms with van der Waals surface area (Å²) < 4.78 is 44.2. The third-order valence-corrected chi connectivity index (χ3v) is 4.67. The van der Waals surface area contributed by atoms with Gasteiger partial charge in [-0.3, -0.25) is 4.79 Å². The van der Waals surface area contributed by atoms with Gasteiger partial charge in [0.05, 0.1) is 11.5 Å². The maximum Gasteiger partial charge on any atom is 0.416 e. The molecule has 2 aromatic rings. The van der Waals surface area contributed by atoms with Crippen molar-refractivity contribution in [3.05, 3.63) is 53.7 Å². The Morgan fingerprint density at radius 1 is 1.32 bits per heavy atom. The van der Waals surface area contributed by atoms with Crippen LogP contribution in [0.15, 0.2) is 42.6 Å². The van der Waals surface area contributed by atoms with Crippen LogP contribution in [-0.2, 0) is 17.5 Å². The number of nitrogens with one attached hydrogen (secondary N) is 1. The fourth-order valence-corrected chi connectivity index (χ4v) is 3.21. The van der Waals surface area contributed by atoms with E-state index in [2.05, 4.69) is 15.2 Å². The molecule has 0 spiro atoms. The maximum absolute atomic E-state index is 12.9. The van der Waals surface area contributed by atoms with E-state index in [0.717, 1.165) is 31.5 Å². The van der Waals surface area contributed by atoms with Crippen molar-refractivity contribution in [3.8, 4) is 11.6 Å². The molecular weight excluding hydrogens is 371 g/mol. The molecule has 1 atom stereocenters. The summed E-state index contributed by atoms with van der Waals surface area (Å²) >= 11 is 0. The van der Waals surface area contributed by atoms with Gasteiger partial charge in [-0.05, 0) is 50.7 Å². The molecule has 5 nitrogen and oxygen atoms in total. The number of carbonyl (C=O) groups excluding carboxylic acids is 1. The van der Waals surface area contributed by atoms with Crippen molar-refractivity contribution in [1.82, 2.24) is 15.2 Å². The van der Waals surface area contributed by atoms with E-state index in [0.29, 0.717) is 12.1 Å². The molecule has 28 heavy (non-hydrogen) atoms. The van der Waals surface area contributed by atoms with Crippen LogP contribution >= 0.6 is 0 Å². The van der Waals surface area contributed by atoms with E-state index >= 15 is 0 Å². The van der Waals surface area contributed by atoms with Gasteiger partial charge in [0.15, 0.2) is 0 Å². The molecule has 1 N–H and O–H groups in total. The quantitative estimate of drug-likeness (QED) is 0.839. The molecule has 0 aliphatic carbocycles. The second-order valence-electron chi connectivity index (χ2n) is 6.91. The Kier molecular flexibility index (Phi) is 6.18. The monoisotopic (exact) mass is 393 g/mol. The molecule has 150 valence electrons. The molecule has 1 saturated heterocycles. The summed E-state index contributed by atoms with van der Waals surface area (Å²) in [6, 6.07) is 8.03. The van der Waals surface area contributed by atoms with E-state index in [-0.39, 0.29) is 30.0 Å². The molecule has 0 unspecified atom stereocenters. The highest BCUT2D eigenvalue weighted by atomic mass is 19.4. The summed E-state index contributed by atoms with van der Waals surface area (Å²) in [5.74, 6) is 0.0987. The van der Waals surface area contributed by atoms with Gasteiger partial charge >= 0.3 is 6.18 Å². The van der Waals surface area contributed by atoms with Crippen molar-refractivity contribution in [2.24, 2.45) is 5.92 Å². The third-order valence-electron chi connectivity index (χ3n) is 4.67. The predicted octanol–water partition coefficient (Wildman–Crippen LogP) is 3.85. The number of ether oxygens (including phenoxy) is 1. The van der Waals surface area contributed by atoms with Gasteiger partial charge in [-0.15, -0.1) is 0 Å². The van der Waals surface area contributed by atoms with E-state index < -0.39 is 11.7 Å². The van der Waals surface area contributed by atoms with Crippen LogP contribution in [-0.4, -0.2) is 35.9 Å². The molecule has 0 bridgehead atoms. The Morgan fingerprint density at radius 3 is 2.89 bits per heavy atom. The van der Waals surface area contributed by atoms with Crippen LogP contribution in [0.4, 0.5) is 13.2 Å². The van der Waals surface area contributed by atoms with Crippen LogP contribution < -0.4 is 10.1 Å². The number of hydrogen-bond donors (Lipinski definition) is 1. The Hall–Kier alpha value is -2.61. The van der Waals surface area contributed by atoms with E-state index in [4.69, 9.17) is 4.74 Å². The maximum atomic E-state index is 12.9. The third kappa shape index (κ3) is 5.22. The average Bonchev–Trinajstić information content (AvgIpc) is 2.66. The molecule has 1 aromatic carbocycles. The molecule has 0 radical (unpaired) electrons. The molecule has 1 fully saturated rings. The Morgan fingerprint density at radius 2 is 2.14 bits per heavy atom. The molecule has 1 aliphatic heterocycles. The number of nitrogens with zero attached hydrogens (tertiary/aromatic N) is 2. The highest BCUT2D eigenvalue weighted by molar-refractivity contribution is 5.79. The Labute approximate surface area is 161 Å². The normalized spacial score (nSPS) is 17.9. The number of benzene rings is 1. The van der Waals surface area contributed by atoms with Gasteiger partial charge in [0.2, 0.25) is 11.8 Å². The van der Waals surface area contributed by atoms with Crippen LogP contribution in [0, 0.1) is 5.92 Å². The molecule has 0 saturated carbocycles. The first-order chi connectivity index (χ1) is 13.3. The smallest absolute Gasteiger partial charge is 0.416 e. The van der Waals surface area contributed by atoms with Gasteiger partial charge in [-0.2, -0.15) is 13.2 Å². The molecular formula is C20H22F3N3O2. The average molecular weight is 393 g/mol. The molecule has 8 heteroatoms. The van der Waals surface area contributed by atoms with Crippen LogP contribution in [0.1, 0.15) is 24.0 Å². The number of alkyl halides is 3. The summed E-state index contributed by atoms with van der Waals surface area (Å²) in [6.07, 6.45) is -1.14. The first-order valence-electron chi connectivity index (χ1n) is 9.08. The molecule has 2 heterocycles. The van der Waals surface area contributed by atoms with Gasteiger partial charge in [0.25, 0.3) is 0 Å². The largest absolute Gasteiger partial charge is 0.439 e. The number of pyridine rings is 1. The van der Waals surface area contributed by atoms with Gasteiger partial charge in [0.1, 0.15) is 5.75 Å². The first-order valence-corrected chi connectivity index (χ1v) is 9.08. The van der Waals surface area contributed by atoms with Crippen molar-refractivity contribution in [1.29, 1.82) is 0 Å². The van der Waals surface area contributed by atoms with Crippen molar-refractivity contribution < 1.29 is 22.7 Å². The molecule has 1 aromatic heterocycles. The number of hydrogen-bond acceptors (Lipinski definition) is 4. The zero-order valence-electron chi connectivity index (χ0n) is 15.5. The van der Waals surface area contributed by atoms with Crippen LogP contribution in [0.2, 0.25) is 0 Å². The summed E-state index contributed by atoms with van der Waals surface area (Å²) in [4.78, 5) is 18.6. The SMILES string of the molecule is CN1CCC[C@H](C(=O)NCc2cccnc2Oc2cccc(C(F)(F)F)c2)C1. The molecule has 1 aliphatic rings. The van der Waals surface area contributed by atoms with Crippen LogP contribution in [0.5, 0.6) is 11.6 Å². The lowest BCUT2D eigenvalue weighted by molar-refractivity contribution is -0.137. The second-order valence-corrected chi connectivity index (χ2v) is 6.91. The highest BCUT2D eigenvalue weighted by Gasteiger charge is 2.30. The number of amides is 1. The number of likely N-dealkylation sites (tertiary alicyclic amines) is 1. The summed E-state index contributed by atoms with van der Waals surface area (Å²) in [5.41, 5.74) is -0.199. The lowest BCUT2D eigenvalue weighted by Crippen LogP contribution is -2.41. The minimum Gasteiger partial charge on any atom is -0.439 e. The molecule has 1 amide bonds. The predicted molar refractivity (Wildman–Crippen MR) is 97.8 cm³/mol. The fraction of sp³-hybridized carbons (Fsp3) is 0.400. The summed E-state index contributed by atoms with van der Waals surface area (Å²) in [7, 11) is 1.99. The van der Waals surface area contributed by atoms with Crippen molar-refractivity contribution in [2.45, 2.75) is 25.6 Å². The number of rotatable bonds is 5. The van der Waals surface area contributed by atoms with Crippen LogP contribution in [0.25, 0.3) is 0 Å². The van der Waals surface area contributed by atoms with Crippen molar-refractivity contribution in [3.63, 3.8) is 0 Å². The second kappa shape index (κ2) is 8.60. The topological polar surface area (TPSA) is 54.5 Å². The number of halogens is 3. The van der Waals surface area contributed by atoms with E-state index in [1.54, 1.807) is 12.1 Å². The number of piperidine rings is 1. The fourth-order valence-electron chi connectivity index (χ4n) is 3.21. The van der Waals surface area contributed by atoms with Crippen molar-refractivity contribution >= 4 is 5.91 Å². The Balaban J connectivity index is 1.67. The van der Waals surface area contributed by atoms with E-state index in [1.807, 2.05) is 7.05 Å². The minimum atomic E-state index is -4.45. The van der Waals surface area contributed by atoms with Crippen LogP contribution in [0.3, 0.4) is 0 Å². The zero-order chi connectivity index (χ0) is 20.1. The summed E-state index contributed by atoms with van der Waals surface area (Å²) in [6.45, 7) is 1.90. The number of carbonyl (C=O) groups is 1. The lowest BCUT2D eigenvalue weighted by atomic mass is 9.97. The van der Waals surface area contributed by atoms with Gasteiger partial charge < -0.3 is 15.0 Å². The lowest BCUT2D eigenvalue weighted by Gasteiger charge is -2.28. The van der Waals surface area contributed by atoms with E-state index in [1.165, 1.54) is 18.3 Å². The van der Waals surface area contributed by atoms with Gasteiger partial charge in [-0.25, -0.2) is 4.98 Å². The van der Waals surface area contributed by atoms with Crippen molar-refractivity contribution in [2.75, 3.05) is 20.1 Å². The summed E-state index contributed by atoms with van der Waals surface area (Å²) in [5, 5.41) is 2.89. The molecule has 3 rings (SSSR count). The standard InChI is InChI=1S/C20H22F3N3O2/c1-26-10-4-6-15(13-26)18(27)25-12-14-5-3-9-24-19(14)28-17-8-2-7-16(11-17)20(21,22)23/h2-3,5,7-9,11,15H,4,6,10,12-13H2,1H3,(H,25,27)/t15-/m0/s1. The Bertz CT molecular complexity index is 826. The van der Waals surface area contributed by atoms with Gasteiger partial charge in [0, 0.05) is 24.8 Å². The zero-order valence-corrected chi connectivity index (χ0v) is 15.5.